The third-order valence-corrected chi connectivity index (χ3v) is 8.69. The first-order valence-corrected chi connectivity index (χ1v) is 13.3. The topological polar surface area (TPSA) is 79.4 Å². The molecule has 172 valence electrons. The average Bonchev–Trinajstić information content (AvgIpc) is 2.84. The molecule has 1 N–H and O–H groups in total. The van der Waals surface area contributed by atoms with Crippen LogP contribution >= 0.6 is 0 Å². The number of amides is 1. The van der Waals surface area contributed by atoms with Gasteiger partial charge in [0.1, 0.15) is 0 Å². The Hall–Kier alpha value is -2.25. The highest BCUT2D eigenvalue weighted by atomic mass is 32.2. The second kappa shape index (κ2) is 10.6. The van der Waals surface area contributed by atoms with Crippen LogP contribution in [0.4, 0.5) is 5.69 Å². The van der Waals surface area contributed by atoms with E-state index in [-0.39, 0.29) is 16.8 Å². The van der Waals surface area contributed by atoms with Crippen molar-refractivity contribution >= 4 is 21.6 Å². The minimum atomic E-state index is -3.64. The summed E-state index contributed by atoms with van der Waals surface area (Å²) in [5.41, 5.74) is 1.57. The molecule has 0 bridgehead atoms. The van der Waals surface area contributed by atoms with Crippen LogP contribution < -0.4 is 5.32 Å². The van der Waals surface area contributed by atoms with Crippen molar-refractivity contribution in [3.8, 4) is 0 Å². The van der Waals surface area contributed by atoms with Crippen molar-refractivity contribution in [2.45, 2.75) is 75.1 Å². The van der Waals surface area contributed by atoms with Crippen molar-refractivity contribution in [2.75, 3.05) is 11.9 Å². The Morgan fingerprint density at radius 2 is 1.75 bits per heavy atom. The van der Waals surface area contributed by atoms with Gasteiger partial charge in [0.25, 0.3) is 0 Å². The molecule has 1 aliphatic carbocycles. The van der Waals surface area contributed by atoms with Crippen LogP contribution in [0.1, 0.15) is 75.8 Å². The Kier molecular flexibility index (Phi) is 7.58. The number of nitrogens with zero attached hydrogens (tertiary/aromatic N) is 2. The highest BCUT2D eigenvalue weighted by Gasteiger charge is 2.34. The molecule has 7 heteroatoms. The quantitative estimate of drug-likeness (QED) is 0.615. The lowest BCUT2D eigenvalue weighted by Gasteiger charge is -2.34. The predicted octanol–water partition coefficient (Wildman–Crippen LogP) is 5.30. The van der Waals surface area contributed by atoms with Crippen LogP contribution in [-0.2, 0) is 14.8 Å². The number of nitrogens with one attached hydrogen (secondary N) is 1. The molecule has 4 rings (SSSR count). The van der Waals surface area contributed by atoms with Gasteiger partial charge < -0.3 is 5.32 Å². The SMILES string of the molecule is O=C(CCC1CCCCC1)Nc1ccc(S(=O)(=O)N2CCCCC2c2cccnc2)cc1. The van der Waals surface area contributed by atoms with E-state index in [0.717, 1.165) is 31.2 Å². The predicted molar refractivity (Wildman–Crippen MR) is 126 cm³/mol. The number of aromatic nitrogens is 1. The largest absolute Gasteiger partial charge is 0.326 e. The third kappa shape index (κ3) is 5.56. The van der Waals surface area contributed by atoms with Crippen molar-refractivity contribution in [1.82, 2.24) is 9.29 Å². The molecule has 2 aromatic rings. The zero-order chi connectivity index (χ0) is 22.4. The normalized spacial score (nSPS) is 20.7. The second-order valence-corrected chi connectivity index (χ2v) is 10.9. The van der Waals surface area contributed by atoms with Crippen molar-refractivity contribution < 1.29 is 13.2 Å². The molecule has 1 aromatic carbocycles. The molecule has 1 saturated carbocycles. The standard InChI is InChI=1S/C25H33N3O3S/c29-25(16-11-20-7-2-1-3-8-20)27-22-12-14-23(15-13-22)32(30,31)28-18-5-4-10-24(28)21-9-6-17-26-19-21/h6,9,12-15,17,19-20,24H,1-5,7-8,10-11,16,18H2,(H,27,29). The van der Waals surface area contributed by atoms with Crippen molar-refractivity contribution in [1.29, 1.82) is 0 Å². The number of rotatable bonds is 7. The molecular weight excluding hydrogens is 422 g/mol. The summed E-state index contributed by atoms with van der Waals surface area (Å²) in [6, 6.07) is 10.2. The van der Waals surface area contributed by atoms with Gasteiger partial charge in [-0.15, -0.1) is 0 Å². The maximum absolute atomic E-state index is 13.4. The van der Waals surface area contributed by atoms with Crippen LogP contribution in [0.3, 0.4) is 0 Å². The van der Waals surface area contributed by atoms with Gasteiger partial charge in [0, 0.05) is 31.0 Å². The molecule has 1 amide bonds. The van der Waals surface area contributed by atoms with E-state index in [9.17, 15) is 13.2 Å². The van der Waals surface area contributed by atoms with Gasteiger partial charge in [0.05, 0.1) is 10.9 Å². The maximum atomic E-state index is 13.4. The van der Waals surface area contributed by atoms with Crippen molar-refractivity contribution in [3.05, 3.63) is 54.4 Å². The van der Waals surface area contributed by atoms with E-state index in [1.807, 2.05) is 12.1 Å². The number of hydrogen-bond donors (Lipinski definition) is 1. The number of carbonyl (C=O) groups is 1. The van der Waals surface area contributed by atoms with Gasteiger partial charge in [-0.05, 0) is 61.1 Å². The summed E-state index contributed by atoms with van der Waals surface area (Å²) in [6.07, 6.45) is 13.9. The molecule has 1 saturated heterocycles. The highest BCUT2D eigenvalue weighted by Crippen LogP contribution is 2.35. The fourth-order valence-corrected chi connectivity index (χ4v) is 6.66. The molecule has 32 heavy (non-hydrogen) atoms. The molecule has 1 aliphatic heterocycles. The lowest BCUT2D eigenvalue weighted by Crippen LogP contribution is -2.38. The average molecular weight is 456 g/mol. The minimum Gasteiger partial charge on any atom is -0.326 e. The van der Waals surface area contributed by atoms with E-state index in [1.165, 1.54) is 32.1 Å². The third-order valence-electron chi connectivity index (χ3n) is 6.77. The van der Waals surface area contributed by atoms with E-state index >= 15 is 0 Å². The summed E-state index contributed by atoms with van der Waals surface area (Å²) in [6.45, 7) is 0.502. The van der Waals surface area contributed by atoms with Gasteiger partial charge in [-0.1, -0.05) is 44.6 Å². The smallest absolute Gasteiger partial charge is 0.243 e. The van der Waals surface area contributed by atoms with E-state index in [1.54, 1.807) is 41.0 Å². The van der Waals surface area contributed by atoms with E-state index < -0.39 is 10.0 Å². The fourth-order valence-electron chi connectivity index (χ4n) is 4.98. The number of pyridine rings is 1. The zero-order valence-corrected chi connectivity index (χ0v) is 19.4. The Morgan fingerprint density at radius 3 is 2.47 bits per heavy atom. The van der Waals surface area contributed by atoms with E-state index in [4.69, 9.17) is 0 Å². The van der Waals surface area contributed by atoms with Gasteiger partial charge in [-0.2, -0.15) is 4.31 Å². The zero-order valence-electron chi connectivity index (χ0n) is 18.6. The minimum absolute atomic E-state index is 0.00106. The molecule has 2 fully saturated rings. The Balaban J connectivity index is 1.40. The number of carbonyl (C=O) groups excluding carboxylic acids is 1. The summed E-state index contributed by atoms with van der Waals surface area (Å²) in [4.78, 5) is 16.8. The number of piperidine rings is 1. The van der Waals surface area contributed by atoms with Crippen LogP contribution in [-0.4, -0.2) is 30.2 Å². The lowest BCUT2D eigenvalue weighted by molar-refractivity contribution is -0.116. The molecule has 0 radical (unpaired) electrons. The van der Waals surface area contributed by atoms with Crippen LogP contribution in [0.2, 0.25) is 0 Å². The molecule has 1 unspecified atom stereocenters. The van der Waals surface area contributed by atoms with Crippen LogP contribution in [0, 0.1) is 5.92 Å². The molecule has 2 aliphatic rings. The first kappa shape index (κ1) is 22.9. The maximum Gasteiger partial charge on any atom is 0.243 e. The Labute approximate surface area is 191 Å². The molecule has 6 nitrogen and oxygen atoms in total. The van der Waals surface area contributed by atoms with Gasteiger partial charge in [-0.3, -0.25) is 9.78 Å². The Morgan fingerprint density at radius 1 is 1.00 bits per heavy atom. The van der Waals surface area contributed by atoms with Crippen molar-refractivity contribution in [2.24, 2.45) is 5.92 Å². The number of hydrogen-bond acceptors (Lipinski definition) is 4. The summed E-state index contributed by atoms with van der Waals surface area (Å²) in [7, 11) is -3.64. The second-order valence-electron chi connectivity index (χ2n) is 9.03. The fraction of sp³-hybridized carbons (Fsp3) is 0.520. The Bertz CT molecular complexity index is 987. The molecule has 1 atom stereocenters. The molecule has 2 heterocycles. The van der Waals surface area contributed by atoms with Gasteiger partial charge in [0.2, 0.25) is 15.9 Å². The first-order valence-electron chi connectivity index (χ1n) is 11.9. The van der Waals surface area contributed by atoms with Crippen LogP contribution in [0.25, 0.3) is 0 Å². The summed E-state index contributed by atoms with van der Waals surface area (Å²) < 4.78 is 28.4. The number of sulfonamides is 1. The molecular formula is C25H33N3O3S. The summed E-state index contributed by atoms with van der Waals surface area (Å²) >= 11 is 0. The van der Waals surface area contributed by atoms with Gasteiger partial charge in [-0.25, -0.2) is 8.42 Å². The number of anilines is 1. The highest BCUT2D eigenvalue weighted by molar-refractivity contribution is 7.89. The summed E-state index contributed by atoms with van der Waals surface area (Å²) in [5.74, 6) is 0.665. The summed E-state index contributed by atoms with van der Waals surface area (Å²) in [5, 5.41) is 2.92. The van der Waals surface area contributed by atoms with E-state index in [0.29, 0.717) is 24.6 Å². The van der Waals surface area contributed by atoms with Crippen molar-refractivity contribution in [3.63, 3.8) is 0 Å². The molecule has 0 spiro atoms. The first-order chi connectivity index (χ1) is 15.5. The monoisotopic (exact) mass is 455 g/mol. The van der Waals surface area contributed by atoms with E-state index in [2.05, 4.69) is 10.3 Å². The van der Waals surface area contributed by atoms with Crippen LogP contribution in [0.5, 0.6) is 0 Å². The van der Waals surface area contributed by atoms with Gasteiger partial charge >= 0.3 is 0 Å². The molecule has 1 aromatic heterocycles. The lowest BCUT2D eigenvalue weighted by atomic mass is 9.86. The van der Waals surface area contributed by atoms with Gasteiger partial charge in [0.15, 0.2) is 0 Å². The van der Waals surface area contributed by atoms with Crippen LogP contribution in [0.15, 0.2) is 53.7 Å². The number of benzene rings is 1.